The van der Waals surface area contributed by atoms with Gasteiger partial charge in [-0.1, -0.05) is 35.5 Å². The molecule has 13 heteroatoms. The molecule has 1 saturated heterocycles. The van der Waals surface area contributed by atoms with Gasteiger partial charge in [0.1, 0.15) is 18.1 Å². The predicted molar refractivity (Wildman–Crippen MR) is 134 cm³/mol. The van der Waals surface area contributed by atoms with Crippen LogP contribution in [0, 0.1) is 6.92 Å². The van der Waals surface area contributed by atoms with Gasteiger partial charge in [0.2, 0.25) is 0 Å². The molecular weight excluding hydrogens is 533 g/mol. The number of halogens is 3. The minimum Gasteiger partial charge on any atom is -0.489 e. The Morgan fingerprint density at radius 1 is 1.12 bits per heavy atom. The summed E-state index contributed by atoms with van der Waals surface area (Å²) >= 11 is 0. The number of hydrogen-bond donors (Lipinski definition) is 1. The van der Waals surface area contributed by atoms with Crippen molar-refractivity contribution in [3.63, 3.8) is 0 Å². The lowest BCUT2D eigenvalue weighted by atomic mass is 9.84. The summed E-state index contributed by atoms with van der Waals surface area (Å²) in [7, 11) is 0. The molecule has 1 fully saturated rings. The minimum absolute atomic E-state index is 0.0422. The van der Waals surface area contributed by atoms with E-state index in [2.05, 4.69) is 15.0 Å². The SMILES string of the molecule is Cc1cc(COc2ccc(C3(C)CC(C4(C)C(=O)NC(=O)N4OC(=O)C(F)(F)F)=NO3)cc2)c2ccccc2n1. The van der Waals surface area contributed by atoms with Gasteiger partial charge >= 0.3 is 18.2 Å². The Balaban J connectivity index is 1.30. The highest BCUT2D eigenvalue weighted by molar-refractivity contribution is 6.22. The number of nitrogens with zero attached hydrogens (tertiary/aromatic N) is 3. The summed E-state index contributed by atoms with van der Waals surface area (Å²) in [6.45, 7) is 4.99. The summed E-state index contributed by atoms with van der Waals surface area (Å²) in [5.41, 5.74) is -0.0516. The molecule has 208 valence electrons. The molecule has 2 unspecified atom stereocenters. The molecular formula is C27H23F3N4O6. The summed E-state index contributed by atoms with van der Waals surface area (Å²) in [5, 5.41) is 6.79. The zero-order valence-electron chi connectivity index (χ0n) is 21.5. The quantitative estimate of drug-likeness (QED) is 0.446. The number of ether oxygens (including phenoxy) is 1. The summed E-state index contributed by atoms with van der Waals surface area (Å²) in [4.78, 5) is 50.6. The Morgan fingerprint density at radius 3 is 2.52 bits per heavy atom. The number of aryl methyl sites for hydroxylation is 1. The van der Waals surface area contributed by atoms with Crippen LogP contribution in [0.2, 0.25) is 0 Å². The van der Waals surface area contributed by atoms with Crippen molar-refractivity contribution in [2.75, 3.05) is 0 Å². The van der Waals surface area contributed by atoms with Gasteiger partial charge in [0.25, 0.3) is 5.91 Å². The fourth-order valence-corrected chi connectivity index (χ4v) is 4.62. The molecule has 2 aliphatic heterocycles. The number of amides is 3. The largest absolute Gasteiger partial charge is 0.493 e. The number of oxime groups is 1. The highest BCUT2D eigenvalue weighted by Crippen LogP contribution is 2.40. The van der Waals surface area contributed by atoms with Gasteiger partial charge in [0, 0.05) is 23.1 Å². The third kappa shape index (κ3) is 4.67. The molecule has 2 atom stereocenters. The van der Waals surface area contributed by atoms with Gasteiger partial charge < -0.3 is 14.4 Å². The number of fused-ring (bicyclic) bond motifs is 1. The summed E-state index contributed by atoms with van der Waals surface area (Å²) < 4.78 is 44.3. The van der Waals surface area contributed by atoms with Crippen LogP contribution in [0.5, 0.6) is 5.75 Å². The standard InChI is InChI=1S/C27H23F3N4O6/c1-15-12-16(19-6-4-5-7-20(19)31-15)14-38-18-10-8-17(9-11-18)25(2)13-21(33-40-25)26(3)22(35)32-24(37)34(26)39-23(36)27(28,29)30/h4-12H,13-14H2,1-3H3,(H,32,35,37). The number of urea groups is 1. The lowest BCUT2D eigenvalue weighted by molar-refractivity contribution is -0.233. The second kappa shape index (κ2) is 9.50. The van der Waals surface area contributed by atoms with E-state index in [1.165, 1.54) is 0 Å². The molecule has 0 bridgehead atoms. The number of nitrogens with one attached hydrogen (secondary N) is 1. The number of imide groups is 1. The summed E-state index contributed by atoms with van der Waals surface area (Å²) in [6, 6.07) is 15.3. The van der Waals surface area contributed by atoms with Crippen LogP contribution in [0.25, 0.3) is 10.9 Å². The minimum atomic E-state index is -5.39. The first-order valence-electron chi connectivity index (χ1n) is 12.1. The van der Waals surface area contributed by atoms with Gasteiger partial charge in [0.15, 0.2) is 11.1 Å². The maximum absolute atomic E-state index is 12.8. The highest BCUT2D eigenvalue weighted by Gasteiger charge is 2.60. The lowest BCUT2D eigenvalue weighted by Gasteiger charge is -2.30. The third-order valence-corrected chi connectivity index (χ3v) is 6.87. The van der Waals surface area contributed by atoms with Gasteiger partial charge in [-0.05, 0) is 50.6 Å². The van der Waals surface area contributed by atoms with Crippen LogP contribution in [0.3, 0.4) is 0 Å². The van der Waals surface area contributed by atoms with E-state index in [0.717, 1.165) is 29.1 Å². The van der Waals surface area contributed by atoms with Crippen molar-refractivity contribution in [3.05, 3.63) is 71.4 Å². The van der Waals surface area contributed by atoms with E-state index in [9.17, 15) is 27.6 Å². The Morgan fingerprint density at radius 2 is 1.82 bits per heavy atom. The van der Waals surface area contributed by atoms with E-state index in [4.69, 9.17) is 9.57 Å². The van der Waals surface area contributed by atoms with Gasteiger partial charge in [-0.25, -0.2) is 9.59 Å². The number of hydrogen-bond acceptors (Lipinski definition) is 8. The molecule has 0 radical (unpaired) electrons. The van der Waals surface area contributed by atoms with Crippen molar-refractivity contribution in [2.45, 2.75) is 51.1 Å². The van der Waals surface area contributed by atoms with E-state index < -0.39 is 35.2 Å². The Kier molecular flexibility index (Phi) is 6.39. The smallest absolute Gasteiger partial charge is 0.489 e. The maximum atomic E-state index is 12.8. The first-order chi connectivity index (χ1) is 18.8. The van der Waals surface area contributed by atoms with E-state index in [-0.39, 0.29) is 17.2 Å². The summed E-state index contributed by atoms with van der Waals surface area (Å²) in [5.74, 6) is -3.10. The van der Waals surface area contributed by atoms with Crippen LogP contribution >= 0.6 is 0 Å². The lowest BCUT2D eigenvalue weighted by Crippen LogP contribution is -2.55. The van der Waals surface area contributed by atoms with Gasteiger partial charge in [0.05, 0.1) is 5.52 Å². The first kappa shape index (κ1) is 26.9. The van der Waals surface area contributed by atoms with Crippen LogP contribution in [-0.2, 0) is 31.5 Å². The van der Waals surface area contributed by atoms with E-state index in [1.807, 2.05) is 42.6 Å². The molecule has 0 aliphatic carbocycles. The van der Waals surface area contributed by atoms with Crippen molar-refractivity contribution in [1.29, 1.82) is 0 Å². The number of benzene rings is 2. The molecule has 1 N–H and O–H groups in total. The number of alkyl halides is 3. The number of hydroxylamine groups is 2. The van der Waals surface area contributed by atoms with Crippen LogP contribution in [0.1, 0.15) is 37.1 Å². The molecule has 3 aromatic rings. The van der Waals surface area contributed by atoms with Crippen LogP contribution in [-0.4, -0.2) is 45.4 Å². The average molecular weight is 556 g/mol. The second-order valence-corrected chi connectivity index (χ2v) is 9.79. The van der Waals surface area contributed by atoms with Crippen molar-refractivity contribution >= 4 is 34.5 Å². The molecule has 0 saturated carbocycles. The van der Waals surface area contributed by atoms with Gasteiger partial charge in [-0.2, -0.15) is 13.2 Å². The third-order valence-electron chi connectivity index (χ3n) is 6.87. The topological polar surface area (TPSA) is 119 Å². The fourth-order valence-electron chi connectivity index (χ4n) is 4.62. The number of rotatable bonds is 6. The maximum Gasteiger partial charge on any atom is 0.493 e. The van der Waals surface area contributed by atoms with Crippen molar-refractivity contribution in [1.82, 2.24) is 15.4 Å². The van der Waals surface area contributed by atoms with Crippen molar-refractivity contribution in [3.8, 4) is 5.75 Å². The average Bonchev–Trinajstić information content (AvgIpc) is 3.41. The van der Waals surface area contributed by atoms with Crippen molar-refractivity contribution in [2.24, 2.45) is 5.16 Å². The molecule has 40 heavy (non-hydrogen) atoms. The number of carbonyl (C=O) groups excluding carboxylic acids is 3. The second-order valence-electron chi connectivity index (χ2n) is 9.79. The predicted octanol–water partition coefficient (Wildman–Crippen LogP) is 4.44. The van der Waals surface area contributed by atoms with Crippen LogP contribution < -0.4 is 10.1 Å². The number of para-hydroxylation sites is 1. The molecule has 1 aromatic heterocycles. The molecule has 0 spiro atoms. The Hall–Kier alpha value is -4.68. The fraction of sp³-hybridized carbons (Fsp3) is 0.296. The Bertz CT molecular complexity index is 1560. The van der Waals surface area contributed by atoms with Gasteiger partial charge in [-0.15, -0.1) is 5.06 Å². The molecule has 3 heterocycles. The molecule has 5 rings (SSSR count). The zero-order valence-corrected chi connectivity index (χ0v) is 21.5. The van der Waals surface area contributed by atoms with E-state index in [0.29, 0.717) is 17.9 Å². The summed E-state index contributed by atoms with van der Waals surface area (Å²) in [6.07, 6.45) is -5.48. The van der Waals surface area contributed by atoms with Crippen LogP contribution in [0.4, 0.5) is 18.0 Å². The van der Waals surface area contributed by atoms with E-state index in [1.54, 1.807) is 31.2 Å². The van der Waals surface area contributed by atoms with Crippen molar-refractivity contribution < 1.29 is 42.0 Å². The highest BCUT2D eigenvalue weighted by atomic mass is 19.4. The van der Waals surface area contributed by atoms with E-state index >= 15 is 0 Å². The number of carbonyl (C=O) groups is 3. The Labute approximate surface area is 225 Å². The normalized spacial score (nSPS) is 22.6. The number of aromatic nitrogens is 1. The molecule has 2 aromatic carbocycles. The number of pyridine rings is 1. The molecule has 2 aliphatic rings. The van der Waals surface area contributed by atoms with Crippen LogP contribution in [0.15, 0.2) is 59.8 Å². The molecule has 10 nitrogen and oxygen atoms in total. The first-order valence-corrected chi connectivity index (χ1v) is 12.1. The monoisotopic (exact) mass is 556 g/mol. The zero-order chi connectivity index (χ0) is 28.9. The molecule has 3 amide bonds. The van der Waals surface area contributed by atoms with Gasteiger partial charge in [-0.3, -0.25) is 15.1 Å².